The number of carbonyl (C=O) groups is 2. The fourth-order valence-electron chi connectivity index (χ4n) is 2.44. The van der Waals surface area contributed by atoms with Gasteiger partial charge in [0.15, 0.2) is 5.82 Å². The summed E-state index contributed by atoms with van der Waals surface area (Å²) in [5.74, 6) is 0.0407. The zero-order chi connectivity index (χ0) is 14.5. The van der Waals surface area contributed by atoms with Gasteiger partial charge in [0.05, 0.1) is 12.6 Å². The summed E-state index contributed by atoms with van der Waals surface area (Å²) in [6.45, 7) is 2.73. The van der Waals surface area contributed by atoms with Crippen LogP contribution in [0.3, 0.4) is 0 Å². The van der Waals surface area contributed by atoms with Crippen LogP contribution in [0.15, 0.2) is 0 Å². The molecule has 0 bridgehead atoms. The van der Waals surface area contributed by atoms with Crippen molar-refractivity contribution in [1.82, 2.24) is 25.5 Å². The molecule has 2 heterocycles. The number of aromatic nitrogens is 4. The van der Waals surface area contributed by atoms with Gasteiger partial charge in [-0.1, -0.05) is 0 Å². The highest BCUT2D eigenvalue weighted by molar-refractivity contribution is 5.96. The molecule has 0 aliphatic carbocycles. The number of esters is 1. The number of hydrogen-bond acceptors (Lipinski definition) is 7. The summed E-state index contributed by atoms with van der Waals surface area (Å²) in [6.07, 6.45) is 1.18. The maximum absolute atomic E-state index is 12.1. The van der Waals surface area contributed by atoms with Crippen LogP contribution in [0.4, 0.5) is 0 Å². The minimum Gasteiger partial charge on any atom is -0.466 e. The molecular weight excluding hydrogens is 262 g/mol. The number of ketones is 1. The average Bonchev–Trinajstić information content (AvgIpc) is 2.85. The van der Waals surface area contributed by atoms with E-state index in [2.05, 4.69) is 20.8 Å². The maximum atomic E-state index is 12.1. The highest BCUT2D eigenvalue weighted by atomic mass is 16.5. The van der Waals surface area contributed by atoms with Crippen LogP contribution in [0.1, 0.15) is 38.1 Å². The first-order valence-corrected chi connectivity index (χ1v) is 6.75. The van der Waals surface area contributed by atoms with Gasteiger partial charge in [0.1, 0.15) is 12.2 Å². The monoisotopic (exact) mass is 281 g/mol. The number of piperidine rings is 1. The van der Waals surface area contributed by atoms with E-state index in [0.717, 1.165) is 6.42 Å². The third-order valence-corrected chi connectivity index (χ3v) is 3.45. The smallest absolute Gasteiger partial charge is 0.313 e. The van der Waals surface area contributed by atoms with Crippen molar-refractivity contribution in [3.63, 3.8) is 0 Å². The van der Waals surface area contributed by atoms with Crippen LogP contribution in [0.25, 0.3) is 0 Å². The first kappa shape index (κ1) is 14.6. The molecule has 110 valence electrons. The highest BCUT2D eigenvalue weighted by Gasteiger charge is 2.31. The van der Waals surface area contributed by atoms with Crippen LogP contribution in [0.5, 0.6) is 0 Å². The molecule has 0 aromatic carbocycles. The van der Waals surface area contributed by atoms with Crippen molar-refractivity contribution in [3.8, 4) is 0 Å². The van der Waals surface area contributed by atoms with E-state index in [1.54, 1.807) is 18.7 Å². The Hall–Kier alpha value is -1.83. The molecule has 1 N–H and O–H groups in total. The molecule has 2 atom stereocenters. The van der Waals surface area contributed by atoms with Gasteiger partial charge < -0.3 is 10.1 Å². The SMILES string of the molecule is CCOC(=O)CC(=O)[C@H]1CCN[C@@H](c2nnnn2C)C1. The van der Waals surface area contributed by atoms with Crippen LogP contribution < -0.4 is 5.32 Å². The number of Topliss-reactive ketones (excluding diaryl/α,β-unsaturated/α-hetero) is 1. The lowest BCUT2D eigenvalue weighted by molar-refractivity contribution is -0.146. The second kappa shape index (κ2) is 6.56. The number of ether oxygens (including phenoxy) is 1. The number of nitrogens with zero attached hydrogens (tertiary/aromatic N) is 4. The van der Waals surface area contributed by atoms with E-state index in [1.165, 1.54) is 0 Å². The molecule has 20 heavy (non-hydrogen) atoms. The number of carbonyl (C=O) groups excluding carboxylic acids is 2. The van der Waals surface area contributed by atoms with Gasteiger partial charge in [-0.25, -0.2) is 4.68 Å². The minimum atomic E-state index is -0.451. The van der Waals surface area contributed by atoms with Gasteiger partial charge in [0.25, 0.3) is 0 Å². The van der Waals surface area contributed by atoms with E-state index in [4.69, 9.17) is 4.74 Å². The summed E-state index contributed by atoms with van der Waals surface area (Å²) in [6, 6.07) is -0.0557. The first-order chi connectivity index (χ1) is 9.61. The quantitative estimate of drug-likeness (QED) is 0.588. The van der Waals surface area contributed by atoms with Crippen molar-refractivity contribution >= 4 is 11.8 Å². The predicted molar refractivity (Wildman–Crippen MR) is 68.5 cm³/mol. The summed E-state index contributed by atoms with van der Waals surface area (Å²) < 4.78 is 6.40. The van der Waals surface area contributed by atoms with Crippen LogP contribution >= 0.6 is 0 Å². The Kier molecular flexibility index (Phi) is 4.78. The van der Waals surface area contributed by atoms with Crippen molar-refractivity contribution in [1.29, 1.82) is 0 Å². The standard InChI is InChI=1S/C12H19N5O3/c1-3-20-11(19)7-10(18)8-4-5-13-9(6-8)12-14-15-16-17(12)2/h8-9,13H,3-7H2,1-2H3/t8-,9+/m0/s1. The van der Waals surface area contributed by atoms with E-state index < -0.39 is 5.97 Å². The zero-order valence-corrected chi connectivity index (χ0v) is 11.7. The van der Waals surface area contributed by atoms with Gasteiger partial charge in [-0.05, 0) is 36.7 Å². The summed E-state index contributed by atoms with van der Waals surface area (Å²) in [7, 11) is 1.76. The second-order valence-corrected chi connectivity index (χ2v) is 4.84. The summed E-state index contributed by atoms with van der Waals surface area (Å²) in [5.41, 5.74) is 0. The zero-order valence-electron chi connectivity index (χ0n) is 11.7. The van der Waals surface area contributed by atoms with E-state index >= 15 is 0 Å². The molecule has 0 unspecified atom stereocenters. The fourth-order valence-corrected chi connectivity index (χ4v) is 2.44. The molecule has 1 aliphatic heterocycles. The Bertz CT molecular complexity index is 487. The Morgan fingerprint density at radius 3 is 2.95 bits per heavy atom. The minimum absolute atomic E-state index is 0.0557. The molecule has 2 rings (SSSR count). The molecule has 0 saturated carbocycles. The summed E-state index contributed by atoms with van der Waals surface area (Å²) >= 11 is 0. The van der Waals surface area contributed by atoms with Crippen LogP contribution in [-0.4, -0.2) is 45.1 Å². The van der Waals surface area contributed by atoms with Crippen molar-refractivity contribution in [2.45, 2.75) is 32.2 Å². The lowest BCUT2D eigenvalue weighted by Crippen LogP contribution is -2.37. The third kappa shape index (κ3) is 3.38. The van der Waals surface area contributed by atoms with Crippen LogP contribution in [-0.2, 0) is 21.4 Å². The summed E-state index contributed by atoms with van der Waals surface area (Å²) in [5, 5.41) is 14.6. The lowest BCUT2D eigenvalue weighted by atomic mass is 9.87. The van der Waals surface area contributed by atoms with Crippen molar-refractivity contribution in [3.05, 3.63) is 5.82 Å². The lowest BCUT2D eigenvalue weighted by Gasteiger charge is -2.28. The van der Waals surface area contributed by atoms with E-state index in [-0.39, 0.29) is 24.2 Å². The van der Waals surface area contributed by atoms with E-state index in [9.17, 15) is 9.59 Å². The largest absolute Gasteiger partial charge is 0.466 e. The van der Waals surface area contributed by atoms with Gasteiger partial charge in [0.2, 0.25) is 0 Å². The van der Waals surface area contributed by atoms with Gasteiger partial charge in [-0.3, -0.25) is 9.59 Å². The molecule has 0 spiro atoms. The van der Waals surface area contributed by atoms with Gasteiger partial charge in [-0.15, -0.1) is 5.10 Å². The van der Waals surface area contributed by atoms with E-state index in [0.29, 0.717) is 25.4 Å². The molecule has 1 saturated heterocycles. The molecule has 8 heteroatoms. The molecule has 8 nitrogen and oxygen atoms in total. The van der Waals surface area contributed by atoms with Crippen molar-refractivity contribution < 1.29 is 14.3 Å². The Balaban J connectivity index is 1.95. The van der Waals surface area contributed by atoms with Crippen LogP contribution in [0, 0.1) is 5.92 Å². The number of aryl methyl sites for hydroxylation is 1. The predicted octanol–water partition coefficient (Wildman–Crippen LogP) is -0.227. The average molecular weight is 281 g/mol. The number of tetrazole rings is 1. The topological polar surface area (TPSA) is 99.0 Å². The third-order valence-electron chi connectivity index (χ3n) is 3.45. The molecule has 1 aliphatic rings. The molecule has 1 aromatic heterocycles. The van der Waals surface area contributed by atoms with E-state index in [1.807, 2.05) is 0 Å². The molecule has 1 fully saturated rings. The molecule has 0 radical (unpaired) electrons. The normalized spacial score (nSPS) is 22.5. The van der Waals surface area contributed by atoms with Gasteiger partial charge in [-0.2, -0.15) is 0 Å². The van der Waals surface area contributed by atoms with Gasteiger partial charge in [0, 0.05) is 13.0 Å². The Morgan fingerprint density at radius 1 is 1.50 bits per heavy atom. The Labute approximate surface area is 116 Å². The number of rotatable bonds is 5. The van der Waals surface area contributed by atoms with Crippen molar-refractivity contribution in [2.75, 3.05) is 13.2 Å². The number of hydrogen-bond donors (Lipinski definition) is 1. The van der Waals surface area contributed by atoms with Crippen molar-refractivity contribution in [2.24, 2.45) is 13.0 Å². The molecule has 0 amide bonds. The fraction of sp³-hybridized carbons (Fsp3) is 0.750. The highest BCUT2D eigenvalue weighted by Crippen LogP contribution is 2.26. The second-order valence-electron chi connectivity index (χ2n) is 4.84. The summed E-state index contributed by atoms with van der Waals surface area (Å²) in [4.78, 5) is 23.5. The van der Waals surface area contributed by atoms with Gasteiger partial charge >= 0.3 is 5.97 Å². The molecular formula is C12H19N5O3. The number of nitrogens with one attached hydrogen (secondary N) is 1. The molecule has 1 aromatic rings. The first-order valence-electron chi connectivity index (χ1n) is 6.75. The maximum Gasteiger partial charge on any atom is 0.313 e. The van der Waals surface area contributed by atoms with Crippen LogP contribution in [0.2, 0.25) is 0 Å². The Morgan fingerprint density at radius 2 is 2.30 bits per heavy atom.